The van der Waals surface area contributed by atoms with E-state index in [0.717, 1.165) is 35.0 Å². The number of aromatic amines is 1. The Balaban J connectivity index is 1.46. The van der Waals surface area contributed by atoms with Gasteiger partial charge in [-0.25, -0.2) is 4.98 Å². The molecule has 0 saturated heterocycles. The molecule has 2 aliphatic rings. The van der Waals surface area contributed by atoms with Crippen LogP contribution in [0.1, 0.15) is 37.3 Å². The van der Waals surface area contributed by atoms with Gasteiger partial charge in [0, 0.05) is 29.6 Å². The molecular weight excluding hydrogens is 300 g/mol. The minimum Gasteiger partial charge on any atom is -0.354 e. The molecule has 2 heterocycles. The van der Waals surface area contributed by atoms with Crippen LogP contribution >= 0.6 is 0 Å². The van der Waals surface area contributed by atoms with Gasteiger partial charge in [-0.2, -0.15) is 10.1 Å². The van der Waals surface area contributed by atoms with Crippen molar-refractivity contribution >= 4 is 28.5 Å². The fraction of sp³-hybridized carbons (Fsp3) is 0.389. The van der Waals surface area contributed by atoms with Gasteiger partial charge in [-0.05, 0) is 43.7 Å². The number of nitrogens with zero attached hydrogens (tertiary/aromatic N) is 3. The zero-order valence-corrected chi connectivity index (χ0v) is 13.4. The largest absolute Gasteiger partial charge is 0.354 e. The topological polar surface area (TPSA) is 78.5 Å². The zero-order chi connectivity index (χ0) is 15.9. The third-order valence-electron chi connectivity index (χ3n) is 4.71. The highest BCUT2D eigenvalue weighted by molar-refractivity contribution is 5.91. The standard InChI is InChI=1S/C18H20N6/c1-2-4-14-13(3-1)17(22-18(20-14)19-10-11-5-6-11)21-16-9-15(23-24-16)12-7-8-12/h1-4,9,11-12H,5-8,10H2,(H3,19,20,21,22,23,24). The molecule has 5 rings (SSSR count). The Hall–Kier alpha value is -2.63. The van der Waals surface area contributed by atoms with Crippen molar-refractivity contribution in [3.63, 3.8) is 0 Å². The van der Waals surface area contributed by atoms with Gasteiger partial charge in [-0.3, -0.25) is 5.10 Å². The average molecular weight is 320 g/mol. The minimum atomic E-state index is 0.658. The highest BCUT2D eigenvalue weighted by Gasteiger charge is 2.25. The molecule has 0 aliphatic heterocycles. The Kier molecular flexibility index (Phi) is 3.14. The fourth-order valence-electron chi connectivity index (χ4n) is 2.93. The quantitative estimate of drug-likeness (QED) is 0.644. The molecule has 2 fully saturated rings. The highest BCUT2D eigenvalue weighted by Crippen LogP contribution is 2.39. The first-order valence-corrected chi connectivity index (χ1v) is 8.68. The van der Waals surface area contributed by atoms with Crippen LogP contribution in [0.2, 0.25) is 0 Å². The summed E-state index contributed by atoms with van der Waals surface area (Å²) in [7, 11) is 0. The number of hydrogen-bond acceptors (Lipinski definition) is 5. The van der Waals surface area contributed by atoms with Gasteiger partial charge in [0.15, 0.2) is 5.82 Å². The van der Waals surface area contributed by atoms with Gasteiger partial charge < -0.3 is 10.6 Å². The van der Waals surface area contributed by atoms with E-state index in [9.17, 15) is 0 Å². The summed E-state index contributed by atoms with van der Waals surface area (Å²) in [5.74, 6) is 3.73. The molecule has 2 aromatic heterocycles. The molecule has 0 bridgehead atoms. The number of anilines is 3. The summed E-state index contributed by atoms with van der Waals surface area (Å²) in [5, 5.41) is 15.2. The molecular formula is C18H20N6. The van der Waals surface area contributed by atoms with Crippen molar-refractivity contribution in [1.82, 2.24) is 20.2 Å². The number of fused-ring (bicyclic) bond motifs is 1. The van der Waals surface area contributed by atoms with Crippen molar-refractivity contribution in [3.05, 3.63) is 36.0 Å². The van der Waals surface area contributed by atoms with Crippen molar-refractivity contribution in [2.75, 3.05) is 17.2 Å². The third-order valence-corrected chi connectivity index (χ3v) is 4.71. The van der Waals surface area contributed by atoms with Crippen LogP contribution in [0.5, 0.6) is 0 Å². The number of nitrogens with one attached hydrogen (secondary N) is 3. The Morgan fingerprint density at radius 2 is 1.96 bits per heavy atom. The zero-order valence-electron chi connectivity index (χ0n) is 13.4. The van der Waals surface area contributed by atoms with E-state index >= 15 is 0 Å². The normalized spacial score (nSPS) is 17.2. The van der Waals surface area contributed by atoms with E-state index in [1.807, 2.05) is 24.3 Å². The van der Waals surface area contributed by atoms with Crippen LogP contribution < -0.4 is 10.6 Å². The molecule has 1 aromatic carbocycles. The van der Waals surface area contributed by atoms with Gasteiger partial charge in [-0.15, -0.1) is 0 Å². The summed E-state index contributed by atoms with van der Waals surface area (Å²) < 4.78 is 0. The van der Waals surface area contributed by atoms with Gasteiger partial charge in [0.2, 0.25) is 5.95 Å². The van der Waals surface area contributed by atoms with Crippen molar-refractivity contribution in [2.45, 2.75) is 31.6 Å². The highest BCUT2D eigenvalue weighted by atomic mass is 15.2. The van der Waals surface area contributed by atoms with Crippen molar-refractivity contribution in [3.8, 4) is 0 Å². The second-order valence-corrected chi connectivity index (χ2v) is 6.85. The van der Waals surface area contributed by atoms with E-state index in [-0.39, 0.29) is 0 Å². The Morgan fingerprint density at radius 1 is 1.08 bits per heavy atom. The van der Waals surface area contributed by atoms with E-state index in [1.54, 1.807) is 0 Å². The van der Waals surface area contributed by atoms with Crippen molar-refractivity contribution < 1.29 is 0 Å². The van der Waals surface area contributed by atoms with Crippen LogP contribution in [-0.2, 0) is 0 Å². The predicted molar refractivity (Wildman–Crippen MR) is 94.6 cm³/mol. The molecule has 6 heteroatoms. The SMILES string of the molecule is c1ccc2c(Nc3cc(C4CC4)[nH]n3)nc(NCC3CC3)nc2c1. The molecule has 0 radical (unpaired) electrons. The summed E-state index contributed by atoms with van der Waals surface area (Å²) in [6.45, 7) is 0.950. The first-order chi connectivity index (χ1) is 11.8. The maximum atomic E-state index is 4.68. The lowest BCUT2D eigenvalue weighted by Gasteiger charge is -2.10. The van der Waals surface area contributed by atoms with Gasteiger partial charge in [0.25, 0.3) is 0 Å². The monoisotopic (exact) mass is 320 g/mol. The summed E-state index contributed by atoms with van der Waals surface area (Å²) in [6.07, 6.45) is 5.13. The van der Waals surface area contributed by atoms with Crippen LogP contribution in [0.15, 0.2) is 30.3 Å². The van der Waals surface area contributed by atoms with Gasteiger partial charge in [0.1, 0.15) is 5.82 Å². The van der Waals surface area contributed by atoms with Crippen LogP contribution in [-0.4, -0.2) is 26.7 Å². The number of benzene rings is 1. The molecule has 2 aliphatic carbocycles. The number of para-hydroxylation sites is 1. The van der Waals surface area contributed by atoms with Gasteiger partial charge in [0.05, 0.1) is 5.52 Å². The minimum absolute atomic E-state index is 0.658. The fourth-order valence-corrected chi connectivity index (χ4v) is 2.93. The average Bonchev–Trinajstić information content (AvgIpc) is 3.53. The second-order valence-electron chi connectivity index (χ2n) is 6.85. The molecule has 24 heavy (non-hydrogen) atoms. The molecule has 0 atom stereocenters. The van der Waals surface area contributed by atoms with Gasteiger partial charge in [-0.1, -0.05) is 12.1 Å². The van der Waals surface area contributed by atoms with Crippen LogP contribution in [0.3, 0.4) is 0 Å². The van der Waals surface area contributed by atoms with E-state index in [4.69, 9.17) is 0 Å². The van der Waals surface area contributed by atoms with Gasteiger partial charge >= 0.3 is 0 Å². The Labute approximate surface area is 140 Å². The van der Waals surface area contributed by atoms with Crippen LogP contribution in [0.25, 0.3) is 10.9 Å². The van der Waals surface area contributed by atoms with E-state index < -0.39 is 0 Å². The van der Waals surface area contributed by atoms with E-state index in [1.165, 1.54) is 31.4 Å². The van der Waals surface area contributed by atoms with E-state index in [0.29, 0.717) is 11.9 Å². The molecule has 0 unspecified atom stereocenters. The molecule has 3 aromatic rings. The maximum Gasteiger partial charge on any atom is 0.225 e. The summed E-state index contributed by atoms with van der Waals surface area (Å²) >= 11 is 0. The Bertz CT molecular complexity index is 878. The molecule has 0 spiro atoms. The molecule has 3 N–H and O–H groups in total. The number of rotatable bonds is 6. The summed E-state index contributed by atoms with van der Waals surface area (Å²) in [5.41, 5.74) is 2.15. The smallest absolute Gasteiger partial charge is 0.225 e. The lowest BCUT2D eigenvalue weighted by atomic mass is 10.2. The number of H-pyrrole nitrogens is 1. The maximum absolute atomic E-state index is 4.68. The number of hydrogen-bond donors (Lipinski definition) is 3. The second kappa shape index (κ2) is 5.47. The van der Waals surface area contributed by atoms with Crippen LogP contribution in [0.4, 0.5) is 17.6 Å². The third kappa shape index (κ3) is 2.79. The molecule has 2 saturated carbocycles. The summed E-state index contributed by atoms with van der Waals surface area (Å²) in [4.78, 5) is 9.31. The molecule has 6 nitrogen and oxygen atoms in total. The predicted octanol–water partition coefficient (Wildman–Crippen LogP) is 3.80. The first kappa shape index (κ1) is 13.8. The lowest BCUT2D eigenvalue weighted by molar-refractivity contribution is 0.876. The lowest BCUT2D eigenvalue weighted by Crippen LogP contribution is -2.08. The van der Waals surface area contributed by atoms with Crippen LogP contribution in [0, 0.1) is 5.92 Å². The number of aromatic nitrogens is 4. The van der Waals surface area contributed by atoms with Crippen molar-refractivity contribution in [2.24, 2.45) is 5.92 Å². The Morgan fingerprint density at radius 3 is 2.79 bits per heavy atom. The van der Waals surface area contributed by atoms with Crippen molar-refractivity contribution in [1.29, 1.82) is 0 Å². The van der Waals surface area contributed by atoms with E-state index in [2.05, 4.69) is 36.9 Å². The molecule has 122 valence electrons. The first-order valence-electron chi connectivity index (χ1n) is 8.68. The summed E-state index contributed by atoms with van der Waals surface area (Å²) in [6, 6.07) is 10.2. The molecule has 0 amide bonds.